The summed E-state index contributed by atoms with van der Waals surface area (Å²) >= 11 is 3.35. The number of aromatic nitrogens is 1. The molecule has 0 unspecified atom stereocenters. The molecule has 2 amide bonds. The van der Waals surface area contributed by atoms with E-state index in [1.165, 1.54) is 6.92 Å². The molecule has 1 aromatic heterocycles. The predicted octanol–water partition coefficient (Wildman–Crippen LogP) is 3.37. The fourth-order valence-corrected chi connectivity index (χ4v) is 2.28. The highest BCUT2D eigenvalue weighted by Gasteiger charge is 2.09. The third kappa shape index (κ3) is 4.96. The molecule has 6 heteroatoms. The minimum Gasteiger partial charge on any atom is -0.325 e. The van der Waals surface area contributed by atoms with Gasteiger partial charge in [0, 0.05) is 29.7 Å². The topological polar surface area (TPSA) is 71.1 Å². The largest absolute Gasteiger partial charge is 0.325 e. The Bertz CT molecular complexity index is 674. The maximum absolute atomic E-state index is 12.1. The Morgan fingerprint density at radius 3 is 2.64 bits per heavy atom. The van der Waals surface area contributed by atoms with Crippen molar-refractivity contribution in [2.75, 3.05) is 10.6 Å². The highest BCUT2D eigenvalue weighted by atomic mass is 79.9. The van der Waals surface area contributed by atoms with Crippen LogP contribution < -0.4 is 10.6 Å². The normalized spacial score (nSPS) is 10.1. The Balaban J connectivity index is 2.01. The minimum absolute atomic E-state index is 0.129. The van der Waals surface area contributed by atoms with E-state index in [-0.39, 0.29) is 11.8 Å². The van der Waals surface area contributed by atoms with Crippen LogP contribution >= 0.6 is 15.9 Å². The van der Waals surface area contributed by atoms with Crippen molar-refractivity contribution in [2.24, 2.45) is 0 Å². The number of anilines is 2. The van der Waals surface area contributed by atoms with Crippen molar-refractivity contribution < 1.29 is 9.59 Å². The lowest BCUT2D eigenvalue weighted by Crippen LogP contribution is -2.15. The van der Waals surface area contributed by atoms with Crippen LogP contribution in [0.15, 0.2) is 47.1 Å². The lowest BCUT2D eigenvalue weighted by Gasteiger charge is -2.12. The molecular formula is C16H16BrN3O2. The number of carbonyl (C=O) groups excluding carboxylic acids is 2. The number of rotatable bonds is 5. The summed E-state index contributed by atoms with van der Waals surface area (Å²) in [5, 5.41) is 5.51. The van der Waals surface area contributed by atoms with Crippen molar-refractivity contribution in [1.29, 1.82) is 0 Å². The number of halogens is 1. The van der Waals surface area contributed by atoms with Crippen LogP contribution in [0.4, 0.5) is 11.4 Å². The summed E-state index contributed by atoms with van der Waals surface area (Å²) in [7, 11) is 0. The zero-order valence-electron chi connectivity index (χ0n) is 12.1. The number of aryl methyl sites for hydroxylation is 1. The highest BCUT2D eigenvalue weighted by Crippen LogP contribution is 2.26. The molecule has 0 atom stereocenters. The van der Waals surface area contributed by atoms with Gasteiger partial charge in [-0.15, -0.1) is 0 Å². The van der Waals surface area contributed by atoms with Crippen molar-refractivity contribution >= 4 is 39.1 Å². The molecule has 0 aliphatic heterocycles. The molecule has 22 heavy (non-hydrogen) atoms. The molecule has 1 aromatic carbocycles. The van der Waals surface area contributed by atoms with Crippen molar-refractivity contribution in [3.63, 3.8) is 0 Å². The van der Waals surface area contributed by atoms with Gasteiger partial charge in [0.1, 0.15) is 0 Å². The van der Waals surface area contributed by atoms with Gasteiger partial charge in [-0.3, -0.25) is 14.6 Å². The van der Waals surface area contributed by atoms with Crippen LogP contribution in [-0.4, -0.2) is 16.8 Å². The first kappa shape index (κ1) is 16.2. The van der Waals surface area contributed by atoms with Gasteiger partial charge in [0.15, 0.2) is 0 Å². The molecule has 0 radical (unpaired) electrons. The molecule has 0 saturated heterocycles. The Morgan fingerprint density at radius 1 is 1.14 bits per heavy atom. The first-order valence-electron chi connectivity index (χ1n) is 6.81. The smallest absolute Gasteiger partial charge is 0.224 e. The number of nitrogens with one attached hydrogen (secondary N) is 2. The van der Waals surface area contributed by atoms with Gasteiger partial charge in [0.2, 0.25) is 11.8 Å². The van der Waals surface area contributed by atoms with Gasteiger partial charge in [-0.2, -0.15) is 0 Å². The van der Waals surface area contributed by atoms with Crippen molar-refractivity contribution in [3.05, 3.63) is 52.8 Å². The monoisotopic (exact) mass is 361 g/mol. The zero-order valence-corrected chi connectivity index (χ0v) is 13.7. The molecule has 2 aromatic rings. The Hall–Kier alpha value is -2.21. The van der Waals surface area contributed by atoms with Crippen LogP contribution in [0.3, 0.4) is 0 Å². The number of hydrogen-bond acceptors (Lipinski definition) is 3. The molecule has 1 heterocycles. The minimum atomic E-state index is -0.189. The fourth-order valence-electron chi connectivity index (χ4n) is 1.92. The molecule has 114 valence electrons. The van der Waals surface area contributed by atoms with Crippen LogP contribution in [0.25, 0.3) is 0 Å². The summed E-state index contributed by atoms with van der Waals surface area (Å²) in [6.45, 7) is 1.43. The van der Waals surface area contributed by atoms with E-state index >= 15 is 0 Å². The molecule has 0 spiro atoms. The molecule has 0 saturated carbocycles. The molecule has 0 fully saturated rings. The summed E-state index contributed by atoms with van der Waals surface area (Å²) in [4.78, 5) is 27.5. The van der Waals surface area contributed by atoms with Crippen LogP contribution in [0.2, 0.25) is 0 Å². The Morgan fingerprint density at radius 2 is 1.95 bits per heavy atom. The van der Waals surface area contributed by atoms with Gasteiger partial charge >= 0.3 is 0 Å². The second kappa shape index (κ2) is 7.70. The SMILES string of the molecule is CC(=O)Nc1ccc(Br)cc1NC(=O)CCc1ccccn1. The van der Waals surface area contributed by atoms with Gasteiger partial charge < -0.3 is 10.6 Å². The average molecular weight is 362 g/mol. The molecule has 2 rings (SSSR count). The van der Waals surface area contributed by atoms with Crippen molar-refractivity contribution in [2.45, 2.75) is 19.8 Å². The summed E-state index contributed by atoms with van der Waals surface area (Å²) in [5.41, 5.74) is 2.01. The summed E-state index contributed by atoms with van der Waals surface area (Å²) in [6.07, 6.45) is 2.59. The molecule has 0 aliphatic rings. The standard InChI is InChI=1S/C16H16BrN3O2/c1-11(21)19-14-7-5-12(17)10-15(14)20-16(22)8-6-13-4-2-3-9-18-13/h2-5,7,9-10H,6,8H2,1H3,(H,19,21)(H,20,22). The average Bonchev–Trinajstić information content (AvgIpc) is 2.49. The summed E-state index contributed by atoms with van der Waals surface area (Å²) in [5.74, 6) is -0.318. The number of carbonyl (C=O) groups is 2. The van der Waals surface area contributed by atoms with E-state index in [1.54, 1.807) is 24.4 Å². The van der Waals surface area contributed by atoms with Crippen LogP contribution in [-0.2, 0) is 16.0 Å². The van der Waals surface area contributed by atoms with E-state index < -0.39 is 0 Å². The number of nitrogens with zero attached hydrogens (tertiary/aromatic N) is 1. The van der Waals surface area contributed by atoms with Gasteiger partial charge in [0.25, 0.3) is 0 Å². The highest BCUT2D eigenvalue weighted by molar-refractivity contribution is 9.10. The fraction of sp³-hybridized carbons (Fsp3) is 0.188. The maximum atomic E-state index is 12.1. The van der Waals surface area contributed by atoms with E-state index in [4.69, 9.17) is 0 Å². The predicted molar refractivity (Wildman–Crippen MR) is 89.6 cm³/mol. The maximum Gasteiger partial charge on any atom is 0.224 e. The number of amides is 2. The lowest BCUT2D eigenvalue weighted by molar-refractivity contribution is -0.116. The van der Waals surface area contributed by atoms with Gasteiger partial charge in [0.05, 0.1) is 11.4 Å². The third-order valence-electron chi connectivity index (χ3n) is 2.90. The number of benzene rings is 1. The van der Waals surface area contributed by atoms with E-state index in [9.17, 15) is 9.59 Å². The second-order valence-electron chi connectivity index (χ2n) is 4.74. The van der Waals surface area contributed by atoms with E-state index in [2.05, 4.69) is 31.5 Å². The summed E-state index contributed by atoms with van der Waals surface area (Å²) in [6, 6.07) is 10.9. The zero-order chi connectivity index (χ0) is 15.9. The van der Waals surface area contributed by atoms with Gasteiger partial charge in [-0.05, 0) is 36.8 Å². The molecule has 0 aliphatic carbocycles. The van der Waals surface area contributed by atoms with E-state index in [0.717, 1.165) is 10.2 Å². The third-order valence-corrected chi connectivity index (χ3v) is 3.39. The first-order valence-corrected chi connectivity index (χ1v) is 7.61. The number of pyridine rings is 1. The van der Waals surface area contributed by atoms with Crippen LogP contribution in [0.1, 0.15) is 19.0 Å². The second-order valence-corrected chi connectivity index (χ2v) is 5.66. The number of hydrogen-bond donors (Lipinski definition) is 2. The van der Waals surface area contributed by atoms with Gasteiger partial charge in [-0.25, -0.2) is 0 Å². The van der Waals surface area contributed by atoms with Crippen LogP contribution in [0.5, 0.6) is 0 Å². The van der Waals surface area contributed by atoms with Crippen molar-refractivity contribution in [3.8, 4) is 0 Å². The first-order chi connectivity index (χ1) is 10.5. The lowest BCUT2D eigenvalue weighted by atomic mass is 10.2. The summed E-state index contributed by atoms with van der Waals surface area (Å²) < 4.78 is 0.821. The molecule has 0 bridgehead atoms. The van der Waals surface area contributed by atoms with Crippen LogP contribution in [0, 0.1) is 0 Å². The Labute approximate surface area is 137 Å². The van der Waals surface area contributed by atoms with Crippen molar-refractivity contribution in [1.82, 2.24) is 4.98 Å². The molecule has 5 nitrogen and oxygen atoms in total. The molecular weight excluding hydrogens is 346 g/mol. The Kier molecular flexibility index (Phi) is 5.66. The quantitative estimate of drug-likeness (QED) is 0.857. The van der Waals surface area contributed by atoms with E-state index in [0.29, 0.717) is 24.2 Å². The van der Waals surface area contributed by atoms with Gasteiger partial charge in [-0.1, -0.05) is 22.0 Å². The molecule has 2 N–H and O–H groups in total. The van der Waals surface area contributed by atoms with E-state index in [1.807, 2.05) is 18.2 Å².